The van der Waals surface area contributed by atoms with E-state index in [-0.39, 0.29) is 0 Å². The summed E-state index contributed by atoms with van der Waals surface area (Å²) in [6.07, 6.45) is -2.08. The summed E-state index contributed by atoms with van der Waals surface area (Å²) in [6.45, 7) is 3.39. The summed E-state index contributed by atoms with van der Waals surface area (Å²) < 4.78 is 1.07. The van der Waals surface area contributed by atoms with E-state index in [0.29, 0.717) is 0 Å². The molecule has 0 rings (SSSR count). The van der Waals surface area contributed by atoms with E-state index in [9.17, 15) is 0 Å². The van der Waals surface area contributed by atoms with Gasteiger partial charge in [0, 0.05) is 0 Å². The van der Waals surface area contributed by atoms with E-state index in [1.807, 2.05) is 0 Å². The summed E-state index contributed by atoms with van der Waals surface area (Å²) in [5.41, 5.74) is 0. The van der Waals surface area contributed by atoms with Gasteiger partial charge in [0.2, 0.25) is 6.16 Å². The molecule has 62 valence electrons. The molecule has 0 aliphatic rings. The van der Waals surface area contributed by atoms with Crippen molar-refractivity contribution in [3.05, 3.63) is 0 Å². The SMILES string of the molecule is CC[N+](C)(C)C.O=C([O-])O. The zero-order valence-electron chi connectivity index (χ0n) is 6.92. The van der Waals surface area contributed by atoms with Gasteiger partial charge in [-0.15, -0.1) is 0 Å². The number of nitrogens with zero attached hydrogens (tertiary/aromatic N) is 1. The average molecular weight is 149 g/mol. The Morgan fingerprint density at radius 3 is 1.60 bits per heavy atom. The predicted molar refractivity (Wildman–Crippen MR) is 36.6 cm³/mol. The van der Waals surface area contributed by atoms with E-state index in [2.05, 4.69) is 28.1 Å². The molecule has 0 amide bonds. The highest BCUT2D eigenvalue weighted by Gasteiger charge is 1.97. The van der Waals surface area contributed by atoms with E-state index in [1.165, 1.54) is 6.54 Å². The molecule has 0 aromatic heterocycles. The van der Waals surface area contributed by atoms with Crippen LogP contribution >= 0.6 is 0 Å². The van der Waals surface area contributed by atoms with Gasteiger partial charge in [0.05, 0.1) is 27.7 Å². The molecule has 4 heteroatoms. The Bertz CT molecular complexity index is 91.7. The van der Waals surface area contributed by atoms with Crippen LogP contribution in [0.15, 0.2) is 0 Å². The van der Waals surface area contributed by atoms with Gasteiger partial charge in [-0.3, -0.25) is 0 Å². The Balaban J connectivity index is 0. The van der Waals surface area contributed by atoms with Crippen LogP contribution in [0, 0.1) is 0 Å². The van der Waals surface area contributed by atoms with Crippen LogP contribution in [0.4, 0.5) is 4.79 Å². The van der Waals surface area contributed by atoms with E-state index in [0.717, 1.165) is 4.48 Å². The lowest BCUT2D eigenvalue weighted by Gasteiger charge is -2.20. The standard InChI is InChI=1S/C5H14N.CH2O3/c1-5-6(2,3)4;2-1(3)4/h5H2,1-4H3;(H2,2,3,4)/q+1;/p-1. The van der Waals surface area contributed by atoms with Crippen LogP contribution in [-0.4, -0.2) is 43.4 Å². The fourth-order valence-electron chi connectivity index (χ4n) is 0. The fraction of sp³-hybridized carbons (Fsp3) is 0.833. The topological polar surface area (TPSA) is 60.4 Å². The molecule has 0 aromatic rings. The molecule has 0 saturated carbocycles. The molecular formula is C6H15NO3. The highest BCUT2D eigenvalue weighted by atomic mass is 16.6. The quantitative estimate of drug-likeness (QED) is 0.516. The second-order valence-corrected chi connectivity index (χ2v) is 2.87. The van der Waals surface area contributed by atoms with E-state index in [4.69, 9.17) is 15.0 Å². The molecule has 0 unspecified atom stereocenters. The lowest BCUT2D eigenvalue weighted by molar-refractivity contribution is -0.868. The maximum absolute atomic E-state index is 8.44. The first-order valence-electron chi connectivity index (χ1n) is 3.00. The first kappa shape index (κ1) is 12.0. The Morgan fingerprint density at radius 2 is 1.60 bits per heavy atom. The van der Waals surface area contributed by atoms with E-state index >= 15 is 0 Å². The maximum atomic E-state index is 8.44. The largest absolute Gasteiger partial charge is 0.565 e. The van der Waals surface area contributed by atoms with Gasteiger partial charge in [-0.25, -0.2) is 0 Å². The normalized spacial score (nSPS) is 9.60. The zero-order valence-corrected chi connectivity index (χ0v) is 6.92. The number of hydrogen-bond donors (Lipinski definition) is 1. The highest BCUT2D eigenvalue weighted by Crippen LogP contribution is 1.83. The van der Waals surface area contributed by atoms with Gasteiger partial charge >= 0.3 is 0 Å². The third-order valence-electron chi connectivity index (χ3n) is 0.949. The van der Waals surface area contributed by atoms with E-state index < -0.39 is 6.16 Å². The third kappa shape index (κ3) is 56.4. The molecule has 0 spiro atoms. The van der Waals surface area contributed by atoms with Crippen molar-refractivity contribution in [2.75, 3.05) is 27.7 Å². The summed E-state index contributed by atoms with van der Waals surface area (Å²) in [5, 5.41) is 15.3. The Kier molecular flexibility index (Phi) is 6.04. The molecule has 0 aliphatic carbocycles. The Morgan fingerprint density at radius 1 is 1.50 bits per heavy atom. The minimum Gasteiger partial charge on any atom is -0.565 e. The Hall–Kier alpha value is -0.770. The number of hydrogen-bond acceptors (Lipinski definition) is 2. The molecule has 0 fully saturated rings. The second kappa shape index (κ2) is 5.05. The molecule has 10 heavy (non-hydrogen) atoms. The number of rotatable bonds is 1. The fourth-order valence-corrected chi connectivity index (χ4v) is 0. The molecule has 4 nitrogen and oxygen atoms in total. The molecule has 0 heterocycles. The molecular weight excluding hydrogens is 134 g/mol. The van der Waals surface area contributed by atoms with E-state index in [1.54, 1.807) is 0 Å². The lowest BCUT2D eigenvalue weighted by Crippen LogP contribution is -2.33. The Labute approximate surface area is 61.3 Å². The molecule has 1 N–H and O–H groups in total. The minimum atomic E-state index is -2.08. The number of quaternary nitrogens is 1. The number of carbonyl (C=O) groups is 1. The molecule has 0 saturated heterocycles. The minimum absolute atomic E-state index is 1.07. The zero-order chi connectivity index (χ0) is 8.78. The smallest absolute Gasteiger partial charge is 0.249 e. The first-order chi connectivity index (χ1) is 4.29. The van der Waals surface area contributed by atoms with Gasteiger partial charge in [-0.1, -0.05) is 0 Å². The van der Waals surface area contributed by atoms with Crippen LogP contribution in [0.5, 0.6) is 0 Å². The molecule has 0 atom stereocenters. The van der Waals surface area contributed by atoms with Crippen molar-refractivity contribution in [3.63, 3.8) is 0 Å². The summed E-state index contributed by atoms with van der Waals surface area (Å²) in [4.78, 5) is 8.44. The average Bonchev–Trinajstić information content (AvgIpc) is 1.63. The van der Waals surface area contributed by atoms with Crippen LogP contribution in [0.2, 0.25) is 0 Å². The third-order valence-corrected chi connectivity index (χ3v) is 0.949. The second-order valence-electron chi connectivity index (χ2n) is 2.87. The van der Waals surface area contributed by atoms with Crippen LogP contribution in [-0.2, 0) is 0 Å². The van der Waals surface area contributed by atoms with Crippen LogP contribution in [0.3, 0.4) is 0 Å². The van der Waals surface area contributed by atoms with Gasteiger partial charge in [0.25, 0.3) is 0 Å². The van der Waals surface area contributed by atoms with Gasteiger partial charge < -0.3 is 19.5 Å². The predicted octanol–water partition coefficient (Wildman–Crippen LogP) is -0.400. The molecule has 0 aromatic carbocycles. The van der Waals surface area contributed by atoms with Crippen molar-refractivity contribution in [1.29, 1.82) is 0 Å². The lowest BCUT2D eigenvalue weighted by atomic mass is 10.6. The van der Waals surface area contributed by atoms with Crippen LogP contribution < -0.4 is 5.11 Å². The number of carboxylic acid groups (broad SMARTS) is 2. The van der Waals surface area contributed by atoms with Gasteiger partial charge in [0.1, 0.15) is 0 Å². The molecule has 0 aliphatic heterocycles. The van der Waals surface area contributed by atoms with Crippen molar-refractivity contribution in [2.45, 2.75) is 6.92 Å². The van der Waals surface area contributed by atoms with Gasteiger partial charge in [-0.05, 0) is 6.92 Å². The summed E-state index contributed by atoms with van der Waals surface area (Å²) in [6, 6.07) is 0. The summed E-state index contributed by atoms with van der Waals surface area (Å²) >= 11 is 0. The molecule has 0 bridgehead atoms. The first-order valence-corrected chi connectivity index (χ1v) is 3.00. The molecule has 0 radical (unpaired) electrons. The highest BCUT2D eigenvalue weighted by molar-refractivity contribution is 5.50. The van der Waals surface area contributed by atoms with Crippen molar-refractivity contribution in [2.24, 2.45) is 0 Å². The maximum Gasteiger partial charge on any atom is 0.249 e. The van der Waals surface area contributed by atoms with Crippen molar-refractivity contribution < 1.29 is 19.5 Å². The summed E-state index contributed by atoms with van der Waals surface area (Å²) in [5.74, 6) is 0. The van der Waals surface area contributed by atoms with Crippen molar-refractivity contribution >= 4 is 6.16 Å². The van der Waals surface area contributed by atoms with Crippen LogP contribution in [0.1, 0.15) is 6.92 Å². The summed E-state index contributed by atoms with van der Waals surface area (Å²) in [7, 11) is 6.54. The monoisotopic (exact) mass is 149 g/mol. The van der Waals surface area contributed by atoms with Crippen molar-refractivity contribution in [1.82, 2.24) is 0 Å². The van der Waals surface area contributed by atoms with Gasteiger partial charge in [-0.2, -0.15) is 0 Å². The van der Waals surface area contributed by atoms with Crippen molar-refractivity contribution in [3.8, 4) is 0 Å². The van der Waals surface area contributed by atoms with Crippen LogP contribution in [0.25, 0.3) is 0 Å². The van der Waals surface area contributed by atoms with Gasteiger partial charge in [0.15, 0.2) is 0 Å².